The molecule has 0 unspecified atom stereocenters. The fourth-order valence-corrected chi connectivity index (χ4v) is 2.12. The van der Waals surface area contributed by atoms with Gasteiger partial charge in [-0.15, -0.1) is 0 Å². The van der Waals surface area contributed by atoms with Crippen molar-refractivity contribution in [1.29, 1.82) is 0 Å². The highest BCUT2D eigenvalue weighted by atomic mass is 16.4. The molecular formula is C17H36O2. The number of rotatable bonds is 13. The second-order valence-corrected chi connectivity index (χ2v) is 5.03. The molecule has 0 saturated heterocycles. The molecule has 0 fully saturated rings. The first-order valence-electron chi connectivity index (χ1n) is 8.49. The molecule has 0 aromatic heterocycles. The van der Waals surface area contributed by atoms with E-state index in [1.807, 2.05) is 13.8 Å². The molecule has 0 aromatic carbocycles. The Morgan fingerprint density at radius 1 is 0.684 bits per heavy atom. The van der Waals surface area contributed by atoms with Gasteiger partial charge >= 0.3 is 5.97 Å². The lowest BCUT2D eigenvalue weighted by Crippen LogP contribution is -1.93. The maximum absolute atomic E-state index is 10.3. The summed E-state index contributed by atoms with van der Waals surface area (Å²) in [5.41, 5.74) is 0. The topological polar surface area (TPSA) is 37.3 Å². The molecule has 19 heavy (non-hydrogen) atoms. The summed E-state index contributed by atoms with van der Waals surface area (Å²) in [6, 6.07) is 0. The molecular weight excluding hydrogens is 236 g/mol. The maximum atomic E-state index is 10.3. The SMILES string of the molecule is CC.CCCCCCCCCCCCCCC(=O)O. The smallest absolute Gasteiger partial charge is 0.303 e. The van der Waals surface area contributed by atoms with Gasteiger partial charge in [-0.05, 0) is 6.42 Å². The zero-order valence-electron chi connectivity index (χ0n) is 13.5. The number of carboxylic acids is 1. The van der Waals surface area contributed by atoms with E-state index in [0.29, 0.717) is 6.42 Å². The second kappa shape index (κ2) is 19.8. The van der Waals surface area contributed by atoms with Gasteiger partial charge < -0.3 is 5.11 Å². The van der Waals surface area contributed by atoms with Gasteiger partial charge in [-0.3, -0.25) is 4.79 Å². The van der Waals surface area contributed by atoms with Crippen LogP contribution in [-0.4, -0.2) is 11.1 Å². The minimum absolute atomic E-state index is 0.345. The summed E-state index contributed by atoms with van der Waals surface area (Å²) in [5.74, 6) is -0.655. The third-order valence-electron chi connectivity index (χ3n) is 3.24. The number of unbranched alkanes of at least 4 members (excludes halogenated alkanes) is 11. The molecule has 0 saturated carbocycles. The van der Waals surface area contributed by atoms with E-state index < -0.39 is 5.97 Å². The Balaban J connectivity index is 0. The summed E-state index contributed by atoms with van der Waals surface area (Å²) in [6.45, 7) is 6.25. The summed E-state index contributed by atoms with van der Waals surface area (Å²) >= 11 is 0. The van der Waals surface area contributed by atoms with E-state index >= 15 is 0 Å². The van der Waals surface area contributed by atoms with E-state index in [1.165, 1.54) is 64.2 Å². The van der Waals surface area contributed by atoms with E-state index in [9.17, 15) is 4.79 Å². The van der Waals surface area contributed by atoms with Crippen LogP contribution in [0.4, 0.5) is 0 Å². The van der Waals surface area contributed by atoms with Gasteiger partial charge in [0.2, 0.25) is 0 Å². The van der Waals surface area contributed by atoms with Crippen LogP contribution in [0.1, 0.15) is 104 Å². The molecule has 0 bridgehead atoms. The lowest BCUT2D eigenvalue weighted by molar-refractivity contribution is -0.137. The van der Waals surface area contributed by atoms with Gasteiger partial charge in [0.1, 0.15) is 0 Å². The zero-order chi connectivity index (χ0) is 14.8. The Morgan fingerprint density at radius 2 is 1.00 bits per heavy atom. The lowest BCUT2D eigenvalue weighted by atomic mass is 10.0. The molecule has 0 aliphatic carbocycles. The molecule has 0 aliphatic heterocycles. The minimum Gasteiger partial charge on any atom is -0.481 e. The first-order valence-corrected chi connectivity index (χ1v) is 8.49. The maximum Gasteiger partial charge on any atom is 0.303 e. The van der Waals surface area contributed by atoms with Crippen molar-refractivity contribution in [3.8, 4) is 0 Å². The standard InChI is InChI=1S/C15H30O2.C2H6/c1-2-3-4-5-6-7-8-9-10-11-12-13-14-15(16)17;1-2/h2-14H2,1H3,(H,16,17);1-2H3. The van der Waals surface area contributed by atoms with Crippen molar-refractivity contribution in [2.24, 2.45) is 0 Å². The van der Waals surface area contributed by atoms with Crippen molar-refractivity contribution in [1.82, 2.24) is 0 Å². The van der Waals surface area contributed by atoms with Crippen LogP contribution in [0.25, 0.3) is 0 Å². The van der Waals surface area contributed by atoms with Crippen LogP contribution >= 0.6 is 0 Å². The van der Waals surface area contributed by atoms with Crippen LogP contribution < -0.4 is 0 Å². The van der Waals surface area contributed by atoms with Crippen molar-refractivity contribution < 1.29 is 9.90 Å². The minimum atomic E-state index is -0.655. The normalized spacial score (nSPS) is 9.84. The highest BCUT2D eigenvalue weighted by Crippen LogP contribution is 2.12. The van der Waals surface area contributed by atoms with Gasteiger partial charge in [0, 0.05) is 6.42 Å². The van der Waals surface area contributed by atoms with Crippen molar-refractivity contribution in [3.63, 3.8) is 0 Å². The molecule has 0 aromatic rings. The molecule has 116 valence electrons. The van der Waals surface area contributed by atoms with Crippen LogP contribution in [0.15, 0.2) is 0 Å². The first kappa shape index (κ1) is 20.8. The summed E-state index contributed by atoms with van der Waals surface area (Å²) in [4.78, 5) is 10.3. The van der Waals surface area contributed by atoms with Crippen molar-refractivity contribution in [3.05, 3.63) is 0 Å². The van der Waals surface area contributed by atoms with E-state index in [0.717, 1.165) is 12.8 Å². The van der Waals surface area contributed by atoms with Crippen LogP contribution in [0, 0.1) is 0 Å². The predicted octanol–water partition coefficient (Wildman–Crippen LogP) is 6.19. The third kappa shape index (κ3) is 23.0. The molecule has 2 heteroatoms. The number of hydrogen-bond acceptors (Lipinski definition) is 1. The molecule has 0 rings (SSSR count). The molecule has 2 nitrogen and oxygen atoms in total. The van der Waals surface area contributed by atoms with Crippen LogP contribution in [0.3, 0.4) is 0 Å². The quantitative estimate of drug-likeness (QED) is 0.406. The molecule has 1 N–H and O–H groups in total. The van der Waals surface area contributed by atoms with Crippen molar-refractivity contribution >= 4 is 5.97 Å². The Kier molecular flexibility index (Phi) is 21.7. The van der Waals surface area contributed by atoms with E-state index in [-0.39, 0.29) is 0 Å². The Hall–Kier alpha value is -0.530. The number of hydrogen-bond donors (Lipinski definition) is 1. The largest absolute Gasteiger partial charge is 0.481 e. The number of carboxylic acid groups (broad SMARTS) is 1. The Morgan fingerprint density at radius 3 is 1.32 bits per heavy atom. The summed E-state index contributed by atoms with van der Waals surface area (Å²) in [7, 11) is 0. The molecule has 0 amide bonds. The average Bonchev–Trinajstić information content (AvgIpc) is 2.42. The first-order chi connectivity index (χ1) is 9.27. The molecule has 0 radical (unpaired) electrons. The van der Waals surface area contributed by atoms with E-state index in [1.54, 1.807) is 0 Å². The van der Waals surface area contributed by atoms with E-state index in [2.05, 4.69) is 6.92 Å². The predicted molar refractivity (Wildman–Crippen MR) is 84.7 cm³/mol. The number of aliphatic carboxylic acids is 1. The summed E-state index contributed by atoms with van der Waals surface area (Å²) in [6.07, 6.45) is 15.8. The summed E-state index contributed by atoms with van der Waals surface area (Å²) < 4.78 is 0. The van der Waals surface area contributed by atoms with Gasteiger partial charge in [0.05, 0.1) is 0 Å². The van der Waals surface area contributed by atoms with Gasteiger partial charge in [0.25, 0.3) is 0 Å². The zero-order valence-corrected chi connectivity index (χ0v) is 13.5. The highest BCUT2D eigenvalue weighted by Gasteiger charge is 1.96. The average molecular weight is 272 g/mol. The van der Waals surface area contributed by atoms with Crippen molar-refractivity contribution in [2.75, 3.05) is 0 Å². The van der Waals surface area contributed by atoms with Gasteiger partial charge in [0.15, 0.2) is 0 Å². The fraction of sp³-hybridized carbons (Fsp3) is 0.941. The number of carbonyl (C=O) groups is 1. The lowest BCUT2D eigenvalue weighted by Gasteiger charge is -2.02. The highest BCUT2D eigenvalue weighted by molar-refractivity contribution is 5.66. The molecule has 0 heterocycles. The van der Waals surface area contributed by atoms with Crippen LogP contribution in [-0.2, 0) is 4.79 Å². The van der Waals surface area contributed by atoms with Gasteiger partial charge in [-0.25, -0.2) is 0 Å². The summed E-state index contributed by atoms with van der Waals surface area (Å²) in [5, 5.41) is 8.47. The fourth-order valence-electron chi connectivity index (χ4n) is 2.12. The van der Waals surface area contributed by atoms with Gasteiger partial charge in [-0.2, -0.15) is 0 Å². The molecule has 0 spiro atoms. The second-order valence-electron chi connectivity index (χ2n) is 5.03. The Labute approximate surface area is 121 Å². The third-order valence-corrected chi connectivity index (χ3v) is 3.24. The molecule has 0 aliphatic rings. The van der Waals surface area contributed by atoms with Gasteiger partial charge in [-0.1, -0.05) is 91.4 Å². The van der Waals surface area contributed by atoms with E-state index in [4.69, 9.17) is 5.11 Å². The van der Waals surface area contributed by atoms with Crippen LogP contribution in [0.2, 0.25) is 0 Å². The Bertz CT molecular complexity index is 167. The molecule has 0 atom stereocenters. The van der Waals surface area contributed by atoms with Crippen LogP contribution in [0.5, 0.6) is 0 Å². The van der Waals surface area contributed by atoms with Crippen molar-refractivity contribution in [2.45, 2.75) is 104 Å². The monoisotopic (exact) mass is 272 g/mol.